The van der Waals surface area contributed by atoms with E-state index in [1.165, 1.54) is 0 Å². The Kier molecular flexibility index (Phi) is 4.66. The molecule has 0 saturated heterocycles. The second kappa shape index (κ2) is 7.12. The van der Waals surface area contributed by atoms with Gasteiger partial charge in [-0.3, -0.25) is 4.79 Å². The van der Waals surface area contributed by atoms with Crippen LogP contribution in [0.1, 0.15) is 36.1 Å². The number of benzene rings is 2. The van der Waals surface area contributed by atoms with Crippen molar-refractivity contribution in [3.8, 4) is 11.5 Å². The fraction of sp³-hybridized carbons (Fsp3) is 0.300. The zero-order valence-electron chi connectivity index (χ0n) is 15.1. The number of carbonyl (C=O) groups excluding carboxylic acids is 1. The van der Waals surface area contributed by atoms with Crippen molar-refractivity contribution in [1.29, 1.82) is 0 Å². The molecule has 0 saturated carbocycles. The molecule has 140 valence electrons. The summed E-state index contributed by atoms with van der Waals surface area (Å²) in [5, 5.41) is 3.37. The molecule has 1 aromatic heterocycles. The van der Waals surface area contributed by atoms with Crippen LogP contribution in [0.25, 0.3) is 11.0 Å². The van der Waals surface area contributed by atoms with Crippen molar-refractivity contribution in [2.24, 2.45) is 5.92 Å². The third-order valence-electron chi connectivity index (χ3n) is 4.53. The summed E-state index contributed by atoms with van der Waals surface area (Å²) in [7, 11) is 0. The molecular weight excluding hydrogens is 366 g/mol. The summed E-state index contributed by atoms with van der Waals surface area (Å²) < 4.78 is 11.1. The molecule has 27 heavy (non-hydrogen) atoms. The van der Waals surface area contributed by atoms with E-state index in [1.807, 2.05) is 38.1 Å². The number of carbonyl (C=O) groups is 1. The SMILES string of the molecule is CC(C)C(NC(=O)c1cc2c(cc1Cl)OCCO2)c1nc2ccccc2[nH]1. The summed E-state index contributed by atoms with van der Waals surface area (Å²) in [5.74, 6) is 1.65. The number of ether oxygens (including phenoxy) is 2. The molecule has 2 aromatic carbocycles. The van der Waals surface area contributed by atoms with Crippen LogP contribution in [0.15, 0.2) is 36.4 Å². The highest BCUT2D eigenvalue weighted by Crippen LogP contribution is 2.35. The zero-order chi connectivity index (χ0) is 19.0. The number of aromatic amines is 1. The minimum absolute atomic E-state index is 0.130. The van der Waals surface area contributed by atoms with Gasteiger partial charge in [0.25, 0.3) is 5.91 Å². The van der Waals surface area contributed by atoms with E-state index in [0.29, 0.717) is 41.1 Å². The Hall–Kier alpha value is -2.73. The average Bonchev–Trinajstić information content (AvgIpc) is 3.08. The minimum atomic E-state index is -0.283. The highest BCUT2D eigenvalue weighted by atomic mass is 35.5. The number of nitrogens with one attached hydrogen (secondary N) is 2. The number of halogens is 1. The molecule has 1 aliphatic rings. The van der Waals surface area contributed by atoms with Crippen LogP contribution in [0.3, 0.4) is 0 Å². The molecule has 7 heteroatoms. The summed E-state index contributed by atoms with van der Waals surface area (Å²) in [5.41, 5.74) is 2.15. The molecule has 1 unspecified atom stereocenters. The van der Waals surface area contributed by atoms with Gasteiger partial charge in [-0.05, 0) is 24.1 Å². The minimum Gasteiger partial charge on any atom is -0.486 e. The Balaban J connectivity index is 1.63. The number of nitrogens with zero attached hydrogens (tertiary/aromatic N) is 1. The van der Waals surface area contributed by atoms with Crippen LogP contribution < -0.4 is 14.8 Å². The van der Waals surface area contributed by atoms with Gasteiger partial charge in [0.15, 0.2) is 11.5 Å². The van der Waals surface area contributed by atoms with Crippen LogP contribution in [0, 0.1) is 5.92 Å². The second-order valence-electron chi connectivity index (χ2n) is 6.81. The average molecular weight is 386 g/mol. The van der Waals surface area contributed by atoms with Gasteiger partial charge >= 0.3 is 0 Å². The molecule has 2 N–H and O–H groups in total. The molecule has 1 atom stereocenters. The summed E-state index contributed by atoms with van der Waals surface area (Å²) in [4.78, 5) is 20.8. The van der Waals surface area contributed by atoms with Gasteiger partial charge < -0.3 is 19.8 Å². The third kappa shape index (κ3) is 3.45. The number of para-hydroxylation sites is 2. The number of fused-ring (bicyclic) bond motifs is 2. The topological polar surface area (TPSA) is 76.2 Å². The zero-order valence-corrected chi connectivity index (χ0v) is 15.8. The fourth-order valence-corrected chi connectivity index (χ4v) is 3.37. The van der Waals surface area contributed by atoms with Gasteiger partial charge in [-0.25, -0.2) is 4.98 Å². The molecule has 0 radical (unpaired) electrons. The van der Waals surface area contributed by atoms with Crippen LogP contribution in [0.2, 0.25) is 5.02 Å². The normalized spacial score (nSPS) is 14.4. The predicted molar refractivity (Wildman–Crippen MR) is 104 cm³/mol. The van der Waals surface area contributed by atoms with Crippen molar-refractivity contribution in [3.05, 3.63) is 52.8 Å². The first-order valence-electron chi connectivity index (χ1n) is 8.87. The molecule has 2 heterocycles. The maximum Gasteiger partial charge on any atom is 0.253 e. The first-order valence-corrected chi connectivity index (χ1v) is 9.25. The van der Waals surface area contributed by atoms with Crippen molar-refractivity contribution in [1.82, 2.24) is 15.3 Å². The number of H-pyrrole nitrogens is 1. The number of rotatable bonds is 4. The van der Waals surface area contributed by atoms with E-state index in [9.17, 15) is 4.79 Å². The lowest BCUT2D eigenvalue weighted by atomic mass is 10.0. The molecule has 0 bridgehead atoms. The largest absolute Gasteiger partial charge is 0.486 e. The Morgan fingerprint density at radius 2 is 1.89 bits per heavy atom. The van der Waals surface area contributed by atoms with Gasteiger partial charge in [-0.15, -0.1) is 0 Å². The fourth-order valence-electron chi connectivity index (χ4n) is 3.13. The van der Waals surface area contributed by atoms with Crippen molar-refractivity contribution in [3.63, 3.8) is 0 Å². The molecule has 0 aliphatic carbocycles. The van der Waals surface area contributed by atoms with Gasteiger partial charge in [-0.2, -0.15) is 0 Å². The highest BCUT2D eigenvalue weighted by Gasteiger charge is 2.25. The monoisotopic (exact) mass is 385 g/mol. The highest BCUT2D eigenvalue weighted by molar-refractivity contribution is 6.34. The lowest BCUT2D eigenvalue weighted by Gasteiger charge is -2.22. The first kappa shape index (κ1) is 17.7. The van der Waals surface area contributed by atoms with Crippen LogP contribution in [-0.2, 0) is 0 Å². The van der Waals surface area contributed by atoms with Crippen molar-refractivity contribution < 1.29 is 14.3 Å². The Morgan fingerprint density at radius 1 is 1.19 bits per heavy atom. The Bertz CT molecular complexity index is 966. The lowest BCUT2D eigenvalue weighted by Crippen LogP contribution is -2.32. The maximum absolute atomic E-state index is 12.9. The molecule has 3 aromatic rings. The van der Waals surface area contributed by atoms with Crippen LogP contribution in [0.5, 0.6) is 11.5 Å². The third-order valence-corrected chi connectivity index (χ3v) is 4.84. The molecule has 1 amide bonds. The number of hydrogen-bond donors (Lipinski definition) is 2. The van der Waals surface area contributed by atoms with Crippen LogP contribution >= 0.6 is 11.6 Å². The quantitative estimate of drug-likeness (QED) is 0.708. The number of imidazole rings is 1. The summed E-state index contributed by atoms with van der Waals surface area (Å²) in [6.45, 7) is 4.98. The molecule has 6 nitrogen and oxygen atoms in total. The van der Waals surface area contributed by atoms with Gasteiger partial charge in [0, 0.05) is 6.07 Å². The van der Waals surface area contributed by atoms with Gasteiger partial charge in [-0.1, -0.05) is 37.6 Å². The van der Waals surface area contributed by atoms with Crippen LogP contribution in [-0.4, -0.2) is 29.1 Å². The first-order chi connectivity index (χ1) is 13.0. The number of aromatic nitrogens is 2. The van der Waals surface area contributed by atoms with E-state index in [0.717, 1.165) is 11.0 Å². The standard InChI is InChI=1S/C20H20ClN3O3/c1-11(2)18(19-22-14-5-3-4-6-15(14)23-19)24-20(25)12-9-16-17(10-13(12)21)27-8-7-26-16/h3-6,9-11,18H,7-8H2,1-2H3,(H,22,23)(H,24,25). The smallest absolute Gasteiger partial charge is 0.253 e. The van der Waals surface area contributed by atoms with Crippen LogP contribution in [0.4, 0.5) is 0 Å². The predicted octanol–water partition coefficient (Wildman–Crippen LogP) is 4.11. The van der Waals surface area contributed by atoms with Crippen molar-refractivity contribution in [2.45, 2.75) is 19.9 Å². The second-order valence-corrected chi connectivity index (χ2v) is 7.22. The van der Waals surface area contributed by atoms with Crippen molar-refractivity contribution in [2.75, 3.05) is 13.2 Å². The van der Waals surface area contributed by atoms with E-state index in [1.54, 1.807) is 12.1 Å². The van der Waals surface area contributed by atoms with E-state index in [4.69, 9.17) is 21.1 Å². The number of hydrogen-bond acceptors (Lipinski definition) is 4. The summed E-state index contributed by atoms with van der Waals surface area (Å²) in [6.07, 6.45) is 0. The van der Waals surface area contributed by atoms with E-state index in [-0.39, 0.29) is 17.9 Å². The summed E-state index contributed by atoms with van der Waals surface area (Å²) >= 11 is 6.31. The summed E-state index contributed by atoms with van der Waals surface area (Å²) in [6, 6.07) is 10.7. The van der Waals surface area contributed by atoms with E-state index < -0.39 is 0 Å². The molecule has 0 fully saturated rings. The Morgan fingerprint density at radius 3 is 2.59 bits per heavy atom. The van der Waals surface area contributed by atoms with Gasteiger partial charge in [0.05, 0.1) is 27.7 Å². The molecular formula is C20H20ClN3O3. The van der Waals surface area contributed by atoms with Gasteiger partial charge in [0.1, 0.15) is 19.0 Å². The lowest BCUT2D eigenvalue weighted by molar-refractivity contribution is 0.0922. The Labute approximate surface area is 161 Å². The van der Waals surface area contributed by atoms with Gasteiger partial charge in [0.2, 0.25) is 0 Å². The molecule has 0 spiro atoms. The van der Waals surface area contributed by atoms with E-state index >= 15 is 0 Å². The van der Waals surface area contributed by atoms with Crippen molar-refractivity contribution >= 4 is 28.5 Å². The van der Waals surface area contributed by atoms with E-state index in [2.05, 4.69) is 15.3 Å². The maximum atomic E-state index is 12.9. The number of amides is 1. The molecule has 1 aliphatic heterocycles. The molecule has 4 rings (SSSR count).